The Bertz CT molecular complexity index is 207. The molecule has 88 valence electrons. The molecule has 1 aliphatic rings. The SMILES string of the molecule is CCC(OC)C(=O)NCC1CNCC1O. The van der Waals surface area contributed by atoms with Gasteiger partial charge in [0.05, 0.1) is 6.10 Å². The van der Waals surface area contributed by atoms with E-state index in [0.717, 1.165) is 6.54 Å². The van der Waals surface area contributed by atoms with Gasteiger partial charge in [0.25, 0.3) is 0 Å². The molecule has 5 heteroatoms. The van der Waals surface area contributed by atoms with Crippen LogP contribution in [0, 0.1) is 5.92 Å². The van der Waals surface area contributed by atoms with Crippen molar-refractivity contribution in [1.82, 2.24) is 10.6 Å². The summed E-state index contributed by atoms with van der Waals surface area (Å²) in [5.74, 6) is 0.0161. The van der Waals surface area contributed by atoms with E-state index in [-0.39, 0.29) is 24.0 Å². The van der Waals surface area contributed by atoms with Gasteiger partial charge in [-0.15, -0.1) is 0 Å². The number of carbonyl (C=O) groups excluding carboxylic acids is 1. The zero-order valence-electron chi connectivity index (χ0n) is 9.32. The smallest absolute Gasteiger partial charge is 0.249 e. The molecule has 0 spiro atoms. The summed E-state index contributed by atoms with van der Waals surface area (Å²) in [5.41, 5.74) is 0. The second kappa shape index (κ2) is 6.05. The number of aliphatic hydroxyl groups is 1. The van der Waals surface area contributed by atoms with Crippen LogP contribution in [0.2, 0.25) is 0 Å². The fourth-order valence-electron chi connectivity index (χ4n) is 1.73. The Balaban J connectivity index is 2.26. The van der Waals surface area contributed by atoms with E-state index in [2.05, 4.69) is 10.6 Å². The Hall–Kier alpha value is -0.650. The second-order valence-corrected chi connectivity index (χ2v) is 3.86. The molecule has 5 nitrogen and oxygen atoms in total. The van der Waals surface area contributed by atoms with E-state index in [9.17, 15) is 9.90 Å². The van der Waals surface area contributed by atoms with E-state index < -0.39 is 0 Å². The first-order chi connectivity index (χ1) is 7.19. The van der Waals surface area contributed by atoms with E-state index >= 15 is 0 Å². The molecule has 0 bridgehead atoms. The topological polar surface area (TPSA) is 70.6 Å². The van der Waals surface area contributed by atoms with E-state index in [0.29, 0.717) is 19.5 Å². The largest absolute Gasteiger partial charge is 0.391 e. The zero-order valence-corrected chi connectivity index (χ0v) is 9.32. The minimum atomic E-state index is -0.378. The van der Waals surface area contributed by atoms with Crippen molar-refractivity contribution in [2.75, 3.05) is 26.7 Å². The van der Waals surface area contributed by atoms with Crippen LogP contribution in [0.4, 0.5) is 0 Å². The summed E-state index contributed by atoms with van der Waals surface area (Å²) >= 11 is 0. The van der Waals surface area contributed by atoms with Crippen LogP contribution in [-0.2, 0) is 9.53 Å². The molecule has 1 amide bonds. The summed E-state index contributed by atoms with van der Waals surface area (Å²) in [7, 11) is 1.53. The highest BCUT2D eigenvalue weighted by Gasteiger charge is 2.26. The highest BCUT2D eigenvalue weighted by Crippen LogP contribution is 2.07. The van der Waals surface area contributed by atoms with Gasteiger partial charge in [0.15, 0.2) is 0 Å². The summed E-state index contributed by atoms with van der Waals surface area (Å²) < 4.78 is 5.01. The minimum Gasteiger partial charge on any atom is -0.391 e. The van der Waals surface area contributed by atoms with Crippen LogP contribution in [0.3, 0.4) is 0 Å². The van der Waals surface area contributed by atoms with Crippen LogP contribution < -0.4 is 10.6 Å². The molecule has 1 saturated heterocycles. The second-order valence-electron chi connectivity index (χ2n) is 3.86. The van der Waals surface area contributed by atoms with Crippen LogP contribution in [0.5, 0.6) is 0 Å². The number of β-amino-alcohol motifs (C(OH)–C–C–N with tert-alkyl or cyclic N) is 1. The first-order valence-electron chi connectivity index (χ1n) is 5.38. The first kappa shape index (κ1) is 12.4. The molecule has 3 unspecified atom stereocenters. The molecule has 0 aromatic heterocycles. The van der Waals surface area contributed by atoms with Gasteiger partial charge in [-0.2, -0.15) is 0 Å². The maximum atomic E-state index is 11.5. The lowest BCUT2D eigenvalue weighted by molar-refractivity contribution is -0.131. The lowest BCUT2D eigenvalue weighted by Crippen LogP contribution is -2.40. The summed E-state index contributed by atoms with van der Waals surface area (Å²) in [4.78, 5) is 11.5. The number of nitrogens with one attached hydrogen (secondary N) is 2. The summed E-state index contributed by atoms with van der Waals surface area (Å²) in [5, 5.41) is 15.4. The lowest BCUT2D eigenvalue weighted by Gasteiger charge is -2.17. The van der Waals surface area contributed by atoms with E-state index in [4.69, 9.17) is 4.74 Å². The monoisotopic (exact) mass is 216 g/mol. The van der Waals surface area contributed by atoms with Crippen molar-refractivity contribution >= 4 is 5.91 Å². The molecular formula is C10H20N2O3. The van der Waals surface area contributed by atoms with Gasteiger partial charge in [-0.05, 0) is 6.42 Å². The average molecular weight is 216 g/mol. The molecule has 15 heavy (non-hydrogen) atoms. The third-order valence-electron chi connectivity index (χ3n) is 2.79. The van der Waals surface area contributed by atoms with Crippen molar-refractivity contribution < 1.29 is 14.6 Å². The van der Waals surface area contributed by atoms with Crippen molar-refractivity contribution in [3.05, 3.63) is 0 Å². The quantitative estimate of drug-likeness (QED) is 0.557. The summed E-state index contributed by atoms with van der Waals surface area (Å²) in [6.07, 6.45) is -0.0715. The van der Waals surface area contributed by atoms with E-state index in [1.165, 1.54) is 7.11 Å². The molecule has 0 aromatic carbocycles. The zero-order chi connectivity index (χ0) is 11.3. The van der Waals surface area contributed by atoms with Gasteiger partial charge < -0.3 is 20.5 Å². The average Bonchev–Trinajstić information content (AvgIpc) is 2.63. The van der Waals surface area contributed by atoms with Gasteiger partial charge in [0, 0.05) is 32.7 Å². The van der Waals surface area contributed by atoms with E-state index in [1.54, 1.807) is 0 Å². The molecule has 0 radical (unpaired) electrons. The van der Waals surface area contributed by atoms with Gasteiger partial charge >= 0.3 is 0 Å². The molecule has 3 N–H and O–H groups in total. The Kier molecular flexibility index (Phi) is 5.01. The molecule has 3 atom stereocenters. The van der Waals surface area contributed by atoms with Gasteiger partial charge in [0.1, 0.15) is 6.10 Å². The normalized spacial score (nSPS) is 27.7. The number of hydrogen-bond donors (Lipinski definition) is 3. The van der Waals surface area contributed by atoms with Crippen LogP contribution in [-0.4, -0.2) is 50.0 Å². The van der Waals surface area contributed by atoms with Gasteiger partial charge in [-0.3, -0.25) is 4.79 Å². The fraction of sp³-hybridized carbons (Fsp3) is 0.900. The third-order valence-corrected chi connectivity index (χ3v) is 2.79. The number of hydrogen-bond acceptors (Lipinski definition) is 4. The number of carbonyl (C=O) groups is 1. The number of aliphatic hydroxyl groups excluding tert-OH is 1. The molecule has 1 rings (SSSR count). The molecule has 0 aliphatic carbocycles. The fourth-order valence-corrected chi connectivity index (χ4v) is 1.73. The lowest BCUT2D eigenvalue weighted by atomic mass is 10.1. The maximum Gasteiger partial charge on any atom is 0.249 e. The molecule has 0 saturated carbocycles. The molecule has 1 aliphatic heterocycles. The standard InChI is InChI=1S/C10H20N2O3/c1-3-9(15-2)10(14)12-5-7-4-11-6-8(7)13/h7-9,11,13H,3-6H2,1-2H3,(H,12,14). The number of rotatable bonds is 5. The minimum absolute atomic E-state index is 0.0981. The number of methoxy groups -OCH3 is 1. The summed E-state index contributed by atoms with van der Waals surface area (Å²) in [6, 6.07) is 0. The van der Waals surface area contributed by atoms with E-state index in [1.807, 2.05) is 6.92 Å². The van der Waals surface area contributed by atoms with Gasteiger partial charge in [-0.25, -0.2) is 0 Å². The maximum absolute atomic E-state index is 11.5. The molecular weight excluding hydrogens is 196 g/mol. The molecule has 1 fully saturated rings. The Labute approximate surface area is 90.2 Å². The number of amides is 1. The Morgan fingerprint density at radius 3 is 2.87 bits per heavy atom. The van der Waals surface area contributed by atoms with Crippen molar-refractivity contribution in [2.45, 2.75) is 25.6 Å². The third kappa shape index (κ3) is 3.44. The molecule has 1 heterocycles. The van der Waals surface area contributed by atoms with Crippen molar-refractivity contribution in [3.8, 4) is 0 Å². The van der Waals surface area contributed by atoms with Crippen molar-refractivity contribution in [3.63, 3.8) is 0 Å². The van der Waals surface area contributed by atoms with Crippen LogP contribution >= 0.6 is 0 Å². The van der Waals surface area contributed by atoms with Crippen molar-refractivity contribution in [1.29, 1.82) is 0 Å². The Morgan fingerprint density at radius 2 is 2.40 bits per heavy atom. The summed E-state index contributed by atoms with van der Waals surface area (Å²) in [6.45, 7) is 3.78. The van der Waals surface area contributed by atoms with Crippen LogP contribution in [0.25, 0.3) is 0 Å². The van der Waals surface area contributed by atoms with Crippen molar-refractivity contribution in [2.24, 2.45) is 5.92 Å². The molecule has 0 aromatic rings. The number of ether oxygens (including phenoxy) is 1. The highest BCUT2D eigenvalue weighted by atomic mass is 16.5. The van der Waals surface area contributed by atoms with Gasteiger partial charge in [-0.1, -0.05) is 6.92 Å². The highest BCUT2D eigenvalue weighted by molar-refractivity contribution is 5.80. The first-order valence-corrected chi connectivity index (χ1v) is 5.38. The Morgan fingerprint density at radius 1 is 1.67 bits per heavy atom. The van der Waals surface area contributed by atoms with Crippen LogP contribution in [0.15, 0.2) is 0 Å². The van der Waals surface area contributed by atoms with Gasteiger partial charge in [0.2, 0.25) is 5.91 Å². The van der Waals surface area contributed by atoms with Crippen LogP contribution in [0.1, 0.15) is 13.3 Å². The predicted octanol–water partition coefficient (Wildman–Crippen LogP) is -0.892. The predicted molar refractivity (Wildman–Crippen MR) is 56.5 cm³/mol.